The molecular weight excluding hydrogens is 362 g/mol. The zero-order valence-corrected chi connectivity index (χ0v) is 16.6. The van der Waals surface area contributed by atoms with E-state index < -0.39 is 0 Å². The van der Waals surface area contributed by atoms with Crippen molar-refractivity contribution >= 4 is 33.5 Å². The van der Waals surface area contributed by atoms with Crippen molar-refractivity contribution in [3.8, 4) is 0 Å². The van der Waals surface area contributed by atoms with Gasteiger partial charge in [-0.3, -0.25) is 9.89 Å². The van der Waals surface area contributed by atoms with Crippen LogP contribution < -0.4 is 11.1 Å². The van der Waals surface area contributed by atoms with Crippen LogP contribution in [0.15, 0.2) is 36.4 Å². The van der Waals surface area contributed by atoms with Crippen LogP contribution in [0, 0.1) is 0 Å². The molecule has 0 spiro atoms. The van der Waals surface area contributed by atoms with Crippen LogP contribution in [0.4, 0.5) is 5.82 Å². The van der Waals surface area contributed by atoms with Crippen molar-refractivity contribution in [3.05, 3.63) is 58.8 Å². The molecule has 0 atom stereocenters. The number of hydrogen-bond acceptors (Lipinski definition) is 3. The van der Waals surface area contributed by atoms with Crippen LogP contribution in [0.3, 0.4) is 0 Å². The Kier molecular flexibility index (Phi) is 4.27. The second kappa shape index (κ2) is 6.95. The Balaban J connectivity index is 1.41. The van der Waals surface area contributed by atoms with E-state index in [1.807, 2.05) is 24.3 Å². The molecule has 2 aromatic carbocycles. The summed E-state index contributed by atoms with van der Waals surface area (Å²) in [5, 5.41) is 12.1. The number of carbonyl (C=O) groups is 1. The Morgan fingerprint density at radius 2 is 2.03 bits per heavy atom. The number of hydrogen-bond donors (Lipinski definition) is 3. The van der Waals surface area contributed by atoms with Gasteiger partial charge in [-0.15, -0.1) is 0 Å². The Morgan fingerprint density at radius 1 is 1.17 bits per heavy atom. The van der Waals surface area contributed by atoms with E-state index in [-0.39, 0.29) is 5.91 Å². The third-order valence-corrected chi connectivity index (χ3v) is 6.07. The lowest BCUT2D eigenvalue weighted by Crippen LogP contribution is -2.22. The number of nitrogens with zero attached hydrogens (tertiary/aromatic N) is 2. The normalized spacial score (nSPS) is 13.7. The fraction of sp³-hybridized carbons (Fsp3) is 0.304. The van der Waals surface area contributed by atoms with Gasteiger partial charge in [0.05, 0.1) is 5.52 Å². The molecule has 6 nitrogen and oxygen atoms in total. The van der Waals surface area contributed by atoms with E-state index in [4.69, 9.17) is 5.73 Å². The summed E-state index contributed by atoms with van der Waals surface area (Å²) in [4.78, 5) is 12.8. The fourth-order valence-electron chi connectivity index (χ4n) is 4.61. The van der Waals surface area contributed by atoms with Gasteiger partial charge in [-0.25, -0.2) is 0 Å². The average Bonchev–Trinajstić information content (AvgIpc) is 3.29. The van der Waals surface area contributed by atoms with E-state index in [0.717, 1.165) is 35.9 Å². The first-order valence-corrected chi connectivity index (χ1v) is 10.3. The number of anilines is 1. The van der Waals surface area contributed by atoms with Gasteiger partial charge in [0.25, 0.3) is 5.91 Å². The molecule has 0 bridgehead atoms. The molecular formula is C23H25N5O. The highest BCUT2D eigenvalue weighted by Crippen LogP contribution is 2.32. The van der Waals surface area contributed by atoms with Gasteiger partial charge < -0.3 is 15.6 Å². The predicted molar refractivity (Wildman–Crippen MR) is 116 cm³/mol. The van der Waals surface area contributed by atoms with Crippen molar-refractivity contribution in [3.63, 3.8) is 0 Å². The molecule has 5 rings (SSSR count). The van der Waals surface area contributed by atoms with Gasteiger partial charge in [0, 0.05) is 40.6 Å². The van der Waals surface area contributed by atoms with Gasteiger partial charge in [0.1, 0.15) is 0 Å². The molecule has 1 aliphatic rings. The Hall–Kier alpha value is -3.28. The van der Waals surface area contributed by atoms with Crippen LogP contribution >= 0.6 is 0 Å². The first kappa shape index (κ1) is 17.8. The zero-order chi connectivity index (χ0) is 20.0. The molecule has 0 unspecified atom stereocenters. The van der Waals surface area contributed by atoms with Crippen molar-refractivity contribution in [1.29, 1.82) is 0 Å². The minimum Gasteiger partial charge on any atom is -0.382 e. The van der Waals surface area contributed by atoms with Gasteiger partial charge in [0.15, 0.2) is 5.82 Å². The van der Waals surface area contributed by atoms with Crippen molar-refractivity contribution in [2.45, 2.75) is 45.7 Å². The molecule has 0 fully saturated rings. The molecule has 4 N–H and O–H groups in total. The highest BCUT2D eigenvalue weighted by molar-refractivity contribution is 5.99. The number of aromatic nitrogens is 3. The molecule has 0 saturated carbocycles. The summed E-state index contributed by atoms with van der Waals surface area (Å²) < 4.78 is 2.41. The topological polar surface area (TPSA) is 88.7 Å². The number of nitrogens with two attached hydrogens (primary N) is 1. The van der Waals surface area contributed by atoms with E-state index >= 15 is 0 Å². The van der Waals surface area contributed by atoms with E-state index in [1.165, 1.54) is 35.0 Å². The smallest absolute Gasteiger partial charge is 0.251 e. The van der Waals surface area contributed by atoms with Crippen LogP contribution in [-0.2, 0) is 25.9 Å². The molecule has 0 saturated heterocycles. The lowest BCUT2D eigenvalue weighted by molar-refractivity contribution is 0.0951. The summed E-state index contributed by atoms with van der Waals surface area (Å²) in [5.41, 5.74) is 12.6. The SMILES string of the molecule is CCn1c2c(c3cc(C(=O)NCc4ccc5[nH]nc(N)c5c4)ccc31)CCCC2. The van der Waals surface area contributed by atoms with Crippen molar-refractivity contribution in [1.82, 2.24) is 20.1 Å². The quantitative estimate of drug-likeness (QED) is 0.496. The van der Waals surface area contributed by atoms with Crippen molar-refractivity contribution in [2.24, 2.45) is 0 Å². The molecule has 6 heteroatoms. The monoisotopic (exact) mass is 387 g/mol. The first-order chi connectivity index (χ1) is 14.2. The minimum atomic E-state index is -0.0547. The van der Waals surface area contributed by atoms with Crippen LogP contribution in [-0.4, -0.2) is 20.7 Å². The number of nitrogens with one attached hydrogen (secondary N) is 2. The number of fused-ring (bicyclic) bond motifs is 4. The Labute approximate surface area is 169 Å². The molecule has 4 aromatic rings. The zero-order valence-electron chi connectivity index (χ0n) is 16.6. The maximum Gasteiger partial charge on any atom is 0.251 e. The van der Waals surface area contributed by atoms with E-state index in [1.54, 1.807) is 0 Å². The summed E-state index contributed by atoms with van der Waals surface area (Å²) in [6, 6.07) is 12.0. The van der Waals surface area contributed by atoms with Crippen molar-refractivity contribution < 1.29 is 4.79 Å². The van der Waals surface area contributed by atoms with Crippen LogP contribution in [0.1, 0.15) is 46.9 Å². The van der Waals surface area contributed by atoms with E-state index in [9.17, 15) is 4.79 Å². The van der Waals surface area contributed by atoms with E-state index in [2.05, 4.69) is 39.1 Å². The van der Waals surface area contributed by atoms with Gasteiger partial charge in [-0.05, 0) is 74.1 Å². The summed E-state index contributed by atoms with van der Waals surface area (Å²) in [6.45, 7) is 3.61. The number of aryl methyl sites for hydroxylation is 2. The molecule has 0 radical (unpaired) electrons. The van der Waals surface area contributed by atoms with Crippen LogP contribution in [0.2, 0.25) is 0 Å². The highest BCUT2D eigenvalue weighted by Gasteiger charge is 2.20. The second-order valence-corrected chi connectivity index (χ2v) is 7.78. The summed E-state index contributed by atoms with van der Waals surface area (Å²) in [5.74, 6) is 0.421. The van der Waals surface area contributed by atoms with Crippen LogP contribution in [0.25, 0.3) is 21.8 Å². The largest absolute Gasteiger partial charge is 0.382 e. The average molecular weight is 387 g/mol. The van der Waals surface area contributed by atoms with Gasteiger partial charge in [0.2, 0.25) is 0 Å². The molecule has 29 heavy (non-hydrogen) atoms. The summed E-state index contributed by atoms with van der Waals surface area (Å²) in [7, 11) is 0. The maximum atomic E-state index is 12.8. The fourth-order valence-corrected chi connectivity index (χ4v) is 4.61. The number of aromatic amines is 1. The molecule has 2 aromatic heterocycles. The maximum absolute atomic E-state index is 12.8. The third kappa shape index (κ3) is 2.95. The lowest BCUT2D eigenvalue weighted by Gasteiger charge is -2.14. The molecule has 0 aliphatic heterocycles. The minimum absolute atomic E-state index is 0.0547. The Bertz CT molecular complexity index is 1230. The van der Waals surface area contributed by atoms with E-state index in [0.29, 0.717) is 17.9 Å². The number of H-pyrrole nitrogens is 1. The number of amides is 1. The standard InChI is InChI=1S/C23H25N5O/c1-2-28-20-6-4-3-5-16(20)17-12-15(8-10-21(17)28)23(29)25-13-14-7-9-19-18(11-14)22(24)27-26-19/h7-12H,2-6,13H2,1H3,(H,25,29)(H3,24,26,27). The van der Waals surface area contributed by atoms with Gasteiger partial charge in [-0.1, -0.05) is 6.07 Å². The summed E-state index contributed by atoms with van der Waals surface area (Å²) in [6.07, 6.45) is 4.73. The summed E-state index contributed by atoms with van der Waals surface area (Å²) >= 11 is 0. The van der Waals surface area contributed by atoms with Crippen LogP contribution in [0.5, 0.6) is 0 Å². The number of rotatable bonds is 4. The third-order valence-electron chi connectivity index (χ3n) is 6.07. The van der Waals surface area contributed by atoms with Gasteiger partial charge in [-0.2, -0.15) is 5.10 Å². The molecule has 2 heterocycles. The highest BCUT2D eigenvalue weighted by atomic mass is 16.1. The molecule has 1 amide bonds. The predicted octanol–water partition coefficient (Wildman–Crippen LogP) is 3.93. The number of carbonyl (C=O) groups excluding carboxylic acids is 1. The Morgan fingerprint density at radius 3 is 2.90 bits per heavy atom. The second-order valence-electron chi connectivity index (χ2n) is 7.78. The molecule has 148 valence electrons. The number of benzene rings is 2. The van der Waals surface area contributed by atoms with Gasteiger partial charge >= 0.3 is 0 Å². The lowest BCUT2D eigenvalue weighted by atomic mass is 9.95. The first-order valence-electron chi connectivity index (χ1n) is 10.3. The number of nitrogen functional groups attached to an aromatic ring is 1. The van der Waals surface area contributed by atoms with Crippen molar-refractivity contribution in [2.75, 3.05) is 5.73 Å². The molecule has 1 aliphatic carbocycles.